The van der Waals surface area contributed by atoms with Crippen LogP contribution in [0.5, 0.6) is 0 Å². The lowest BCUT2D eigenvalue weighted by atomic mass is 9.90. The van der Waals surface area contributed by atoms with E-state index in [2.05, 4.69) is 0 Å². The van der Waals surface area contributed by atoms with Gasteiger partial charge in [-0.15, -0.1) is 0 Å². The van der Waals surface area contributed by atoms with Crippen molar-refractivity contribution in [3.63, 3.8) is 0 Å². The molecular weight excluding hydrogens is 189 g/mol. The second-order valence-electron chi connectivity index (χ2n) is 4.57. The van der Waals surface area contributed by atoms with Gasteiger partial charge in [-0.05, 0) is 48.9 Å². The van der Waals surface area contributed by atoms with Crippen LogP contribution in [0.1, 0.15) is 42.9 Å². The average Bonchev–Trinajstić information content (AvgIpc) is 2.74. The van der Waals surface area contributed by atoms with Gasteiger partial charge < -0.3 is 5.73 Å². The van der Waals surface area contributed by atoms with E-state index in [1.54, 1.807) is 6.07 Å². The molecule has 1 aliphatic carbocycles. The highest BCUT2D eigenvalue weighted by atomic mass is 19.1. The molecule has 0 amide bonds. The highest BCUT2D eigenvalue weighted by Crippen LogP contribution is 2.35. The topological polar surface area (TPSA) is 26.0 Å². The van der Waals surface area contributed by atoms with Crippen molar-refractivity contribution in [2.45, 2.75) is 38.6 Å². The largest absolute Gasteiger partial charge is 0.324 e. The summed E-state index contributed by atoms with van der Waals surface area (Å²) in [4.78, 5) is 0. The Morgan fingerprint density at radius 3 is 2.67 bits per heavy atom. The lowest BCUT2D eigenvalue weighted by Crippen LogP contribution is -2.20. The Balaban J connectivity index is 2.23. The zero-order valence-corrected chi connectivity index (χ0v) is 9.17. The Morgan fingerprint density at radius 1 is 1.33 bits per heavy atom. The molecule has 1 aliphatic rings. The van der Waals surface area contributed by atoms with Crippen molar-refractivity contribution < 1.29 is 4.39 Å². The monoisotopic (exact) mass is 207 g/mol. The summed E-state index contributed by atoms with van der Waals surface area (Å²) < 4.78 is 13.1. The molecule has 0 aliphatic heterocycles. The molecule has 0 saturated heterocycles. The molecular formula is C13H18FN. The molecule has 0 aromatic heterocycles. The van der Waals surface area contributed by atoms with Crippen LogP contribution in [-0.2, 0) is 0 Å². The van der Waals surface area contributed by atoms with Crippen molar-refractivity contribution in [1.82, 2.24) is 0 Å². The molecule has 0 heterocycles. The normalized spacial score (nSPS) is 19.4. The number of rotatable bonds is 2. The molecule has 1 atom stereocenters. The average molecular weight is 207 g/mol. The van der Waals surface area contributed by atoms with Crippen molar-refractivity contribution >= 4 is 0 Å². The van der Waals surface area contributed by atoms with Crippen molar-refractivity contribution in [3.05, 3.63) is 35.1 Å². The minimum atomic E-state index is -0.177. The van der Waals surface area contributed by atoms with E-state index in [-0.39, 0.29) is 11.9 Å². The molecule has 2 rings (SSSR count). The van der Waals surface area contributed by atoms with E-state index in [0.717, 1.165) is 11.1 Å². The molecule has 1 nitrogen and oxygen atoms in total. The Kier molecular flexibility index (Phi) is 3.06. The summed E-state index contributed by atoms with van der Waals surface area (Å²) in [6.07, 6.45) is 4.92. The summed E-state index contributed by atoms with van der Waals surface area (Å²) in [5.41, 5.74) is 8.30. The van der Waals surface area contributed by atoms with Crippen molar-refractivity contribution in [3.8, 4) is 0 Å². The Bertz CT molecular complexity index is 342. The number of halogens is 1. The molecule has 82 valence electrons. The minimum Gasteiger partial charge on any atom is -0.324 e. The highest BCUT2D eigenvalue weighted by molar-refractivity contribution is 5.29. The van der Waals surface area contributed by atoms with Gasteiger partial charge in [-0.2, -0.15) is 0 Å². The first-order valence-electron chi connectivity index (χ1n) is 5.70. The van der Waals surface area contributed by atoms with Gasteiger partial charge in [0, 0.05) is 6.04 Å². The summed E-state index contributed by atoms with van der Waals surface area (Å²) in [6.45, 7) is 2.00. The van der Waals surface area contributed by atoms with Gasteiger partial charge in [0.2, 0.25) is 0 Å². The fraction of sp³-hybridized carbons (Fsp3) is 0.538. The Morgan fingerprint density at radius 2 is 2.00 bits per heavy atom. The van der Waals surface area contributed by atoms with E-state index < -0.39 is 0 Å². The predicted molar refractivity (Wildman–Crippen MR) is 60.0 cm³/mol. The second-order valence-corrected chi connectivity index (χ2v) is 4.57. The van der Waals surface area contributed by atoms with Gasteiger partial charge in [0.15, 0.2) is 0 Å². The number of aryl methyl sites for hydroxylation is 1. The van der Waals surface area contributed by atoms with Crippen LogP contribution >= 0.6 is 0 Å². The first-order chi connectivity index (χ1) is 7.18. The Hall–Kier alpha value is -0.890. The third-order valence-corrected chi connectivity index (χ3v) is 3.51. The van der Waals surface area contributed by atoms with Crippen LogP contribution in [0.4, 0.5) is 4.39 Å². The molecule has 0 spiro atoms. The molecule has 0 unspecified atom stereocenters. The molecule has 0 radical (unpaired) electrons. The van der Waals surface area contributed by atoms with Crippen molar-refractivity contribution in [2.24, 2.45) is 11.7 Å². The van der Waals surface area contributed by atoms with Crippen molar-refractivity contribution in [1.29, 1.82) is 0 Å². The molecule has 1 aromatic rings. The smallest absolute Gasteiger partial charge is 0.123 e. The fourth-order valence-corrected chi connectivity index (χ4v) is 2.54. The predicted octanol–water partition coefficient (Wildman–Crippen LogP) is 3.32. The van der Waals surface area contributed by atoms with Gasteiger partial charge in [-0.3, -0.25) is 0 Å². The van der Waals surface area contributed by atoms with Gasteiger partial charge in [0.05, 0.1) is 0 Å². The second kappa shape index (κ2) is 4.31. The van der Waals surface area contributed by atoms with Crippen LogP contribution in [-0.4, -0.2) is 0 Å². The number of benzene rings is 1. The highest BCUT2D eigenvalue weighted by Gasteiger charge is 2.24. The summed E-state index contributed by atoms with van der Waals surface area (Å²) in [6, 6.07) is 4.93. The van der Waals surface area contributed by atoms with Crippen LogP contribution in [0.15, 0.2) is 18.2 Å². The minimum absolute atomic E-state index is 0.0169. The van der Waals surface area contributed by atoms with Gasteiger partial charge >= 0.3 is 0 Å². The quantitative estimate of drug-likeness (QED) is 0.791. The number of nitrogens with two attached hydrogens (primary N) is 1. The molecule has 2 N–H and O–H groups in total. The van der Waals surface area contributed by atoms with Crippen LogP contribution in [0.25, 0.3) is 0 Å². The molecule has 1 aromatic carbocycles. The molecule has 15 heavy (non-hydrogen) atoms. The van der Waals surface area contributed by atoms with Crippen LogP contribution in [0.2, 0.25) is 0 Å². The van der Waals surface area contributed by atoms with E-state index >= 15 is 0 Å². The zero-order chi connectivity index (χ0) is 10.8. The van der Waals surface area contributed by atoms with Crippen LogP contribution in [0, 0.1) is 18.7 Å². The maximum Gasteiger partial charge on any atom is 0.123 e. The molecule has 2 heteroatoms. The lowest BCUT2D eigenvalue weighted by Gasteiger charge is -2.21. The maximum atomic E-state index is 13.1. The van der Waals surface area contributed by atoms with Gasteiger partial charge in [-0.25, -0.2) is 4.39 Å². The van der Waals surface area contributed by atoms with E-state index in [9.17, 15) is 4.39 Å². The van der Waals surface area contributed by atoms with Gasteiger partial charge in [0.1, 0.15) is 5.82 Å². The SMILES string of the molecule is Cc1ccc(F)cc1[C@@H](N)C1CCCC1. The third kappa shape index (κ3) is 2.20. The Labute approximate surface area is 90.5 Å². The van der Waals surface area contributed by atoms with E-state index in [1.165, 1.54) is 31.7 Å². The van der Waals surface area contributed by atoms with E-state index in [4.69, 9.17) is 5.73 Å². The maximum absolute atomic E-state index is 13.1. The lowest BCUT2D eigenvalue weighted by molar-refractivity contribution is 0.441. The molecule has 1 saturated carbocycles. The summed E-state index contributed by atoms with van der Waals surface area (Å²) >= 11 is 0. The number of hydrogen-bond acceptors (Lipinski definition) is 1. The van der Waals surface area contributed by atoms with E-state index in [1.807, 2.05) is 13.0 Å². The number of hydrogen-bond donors (Lipinski definition) is 1. The first kappa shape index (κ1) is 10.6. The zero-order valence-electron chi connectivity index (χ0n) is 9.17. The summed E-state index contributed by atoms with van der Waals surface area (Å²) in [5.74, 6) is 0.370. The van der Waals surface area contributed by atoms with Crippen molar-refractivity contribution in [2.75, 3.05) is 0 Å². The first-order valence-corrected chi connectivity index (χ1v) is 5.70. The van der Waals surface area contributed by atoms with Crippen LogP contribution < -0.4 is 5.73 Å². The van der Waals surface area contributed by atoms with Gasteiger partial charge in [0.25, 0.3) is 0 Å². The summed E-state index contributed by atoms with van der Waals surface area (Å²) in [7, 11) is 0. The summed E-state index contributed by atoms with van der Waals surface area (Å²) in [5, 5.41) is 0. The molecule has 0 bridgehead atoms. The van der Waals surface area contributed by atoms with Crippen LogP contribution in [0.3, 0.4) is 0 Å². The third-order valence-electron chi connectivity index (χ3n) is 3.51. The fourth-order valence-electron chi connectivity index (χ4n) is 2.54. The standard InChI is InChI=1S/C13H18FN/c1-9-6-7-11(14)8-12(9)13(15)10-4-2-3-5-10/h6-8,10,13H,2-5,15H2,1H3/t13-/m0/s1. The van der Waals surface area contributed by atoms with E-state index in [0.29, 0.717) is 5.92 Å². The van der Waals surface area contributed by atoms with Gasteiger partial charge in [-0.1, -0.05) is 18.9 Å². The molecule has 1 fully saturated rings.